The summed E-state index contributed by atoms with van der Waals surface area (Å²) in [5, 5.41) is 2.56. The highest BCUT2D eigenvalue weighted by atomic mass is 35.5. The number of methoxy groups -OCH3 is 1. The molecule has 0 saturated carbocycles. The van der Waals surface area contributed by atoms with E-state index in [9.17, 15) is 9.59 Å². The standard InChI is InChI=1S/C9H14ClNO4/c1-14-8(13)11-9(7(12)6-10)2-4-15-5-3-9/h2-6H2,1H3,(H,11,13). The summed E-state index contributed by atoms with van der Waals surface area (Å²) in [7, 11) is 1.26. The van der Waals surface area contributed by atoms with Crippen LogP contribution in [0.5, 0.6) is 0 Å². The molecule has 1 rings (SSSR count). The Balaban J connectivity index is 2.75. The highest BCUT2D eigenvalue weighted by molar-refractivity contribution is 6.29. The number of rotatable bonds is 3. The van der Waals surface area contributed by atoms with Crippen LogP contribution in [0.2, 0.25) is 0 Å². The van der Waals surface area contributed by atoms with Crippen LogP contribution in [-0.4, -0.2) is 43.6 Å². The fourth-order valence-electron chi connectivity index (χ4n) is 1.57. The summed E-state index contributed by atoms with van der Waals surface area (Å²) in [6.07, 6.45) is 0.261. The van der Waals surface area contributed by atoms with Crippen molar-refractivity contribution in [2.75, 3.05) is 26.2 Å². The molecule has 1 N–H and O–H groups in total. The molecular formula is C9H14ClNO4. The predicted octanol–water partition coefficient (Wildman–Crippen LogP) is 0.699. The van der Waals surface area contributed by atoms with Crippen molar-refractivity contribution >= 4 is 23.5 Å². The Morgan fingerprint density at radius 2 is 2.07 bits per heavy atom. The molecular weight excluding hydrogens is 222 g/mol. The zero-order valence-electron chi connectivity index (χ0n) is 8.55. The number of alkyl carbamates (subject to hydrolysis) is 1. The third-order valence-corrected chi connectivity index (χ3v) is 2.77. The topological polar surface area (TPSA) is 64.6 Å². The molecule has 0 aromatic carbocycles. The van der Waals surface area contributed by atoms with Crippen molar-refractivity contribution in [3.05, 3.63) is 0 Å². The van der Waals surface area contributed by atoms with E-state index >= 15 is 0 Å². The van der Waals surface area contributed by atoms with Gasteiger partial charge in [0.15, 0.2) is 5.78 Å². The van der Waals surface area contributed by atoms with Crippen LogP contribution < -0.4 is 5.32 Å². The van der Waals surface area contributed by atoms with Crippen LogP contribution in [0.1, 0.15) is 12.8 Å². The molecule has 1 heterocycles. The van der Waals surface area contributed by atoms with Crippen molar-refractivity contribution in [1.82, 2.24) is 5.32 Å². The molecule has 1 fully saturated rings. The first-order valence-corrected chi connectivity index (χ1v) is 5.21. The normalized spacial score (nSPS) is 19.3. The number of nitrogens with one attached hydrogen (secondary N) is 1. The smallest absolute Gasteiger partial charge is 0.407 e. The molecule has 0 aromatic rings. The summed E-state index contributed by atoms with van der Waals surface area (Å²) in [5.41, 5.74) is -0.910. The lowest BCUT2D eigenvalue weighted by Gasteiger charge is -2.35. The maximum Gasteiger partial charge on any atom is 0.407 e. The highest BCUT2D eigenvalue weighted by Gasteiger charge is 2.40. The quantitative estimate of drug-likeness (QED) is 0.732. The van der Waals surface area contributed by atoms with Crippen LogP contribution >= 0.6 is 11.6 Å². The lowest BCUT2D eigenvalue weighted by atomic mass is 9.86. The van der Waals surface area contributed by atoms with E-state index in [1.807, 2.05) is 0 Å². The minimum absolute atomic E-state index is 0.121. The van der Waals surface area contributed by atoms with Gasteiger partial charge in [-0.3, -0.25) is 4.79 Å². The second-order valence-electron chi connectivity index (χ2n) is 3.37. The zero-order chi connectivity index (χ0) is 11.3. The number of hydrogen-bond donors (Lipinski definition) is 1. The molecule has 86 valence electrons. The van der Waals surface area contributed by atoms with Gasteiger partial charge in [0.1, 0.15) is 5.54 Å². The molecule has 5 nitrogen and oxygen atoms in total. The van der Waals surface area contributed by atoms with E-state index in [1.165, 1.54) is 7.11 Å². The van der Waals surface area contributed by atoms with Crippen LogP contribution in [0.4, 0.5) is 4.79 Å². The minimum Gasteiger partial charge on any atom is -0.453 e. The second-order valence-corrected chi connectivity index (χ2v) is 3.64. The Kier molecular flexibility index (Phi) is 4.35. The van der Waals surface area contributed by atoms with Crippen LogP contribution in [0.15, 0.2) is 0 Å². The van der Waals surface area contributed by atoms with Gasteiger partial charge in [0.2, 0.25) is 0 Å². The summed E-state index contributed by atoms with van der Waals surface area (Å²) >= 11 is 5.52. The van der Waals surface area contributed by atoms with Gasteiger partial charge < -0.3 is 14.8 Å². The number of ketones is 1. The Bertz CT molecular complexity index is 250. The van der Waals surface area contributed by atoms with Gasteiger partial charge in [0.05, 0.1) is 13.0 Å². The Morgan fingerprint density at radius 1 is 1.47 bits per heavy atom. The van der Waals surface area contributed by atoms with Crippen molar-refractivity contribution in [3.63, 3.8) is 0 Å². The monoisotopic (exact) mass is 235 g/mol. The molecule has 6 heteroatoms. The van der Waals surface area contributed by atoms with Crippen molar-refractivity contribution in [2.45, 2.75) is 18.4 Å². The molecule has 0 radical (unpaired) electrons. The summed E-state index contributed by atoms with van der Waals surface area (Å²) < 4.78 is 9.63. The van der Waals surface area contributed by atoms with Gasteiger partial charge in [-0.15, -0.1) is 11.6 Å². The maximum atomic E-state index is 11.7. The first-order chi connectivity index (χ1) is 7.14. The van der Waals surface area contributed by atoms with Crippen LogP contribution in [0.3, 0.4) is 0 Å². The fourth-order valence-corrected chi connectivity index (χ4v) is 1.82. The molecule has 1 aliphatic rings. The molecule has 0 spiro atoms. The SMILES string of the molecule is COC(=O)NC1(C(=O)CCl)CCOCC1. The third kappa shape index (κ3) is 2.82. The molecule has 0 aliphatic carbocycles. The van der Waals surface area contributed by atoms with Crippen molar-refractivity contribution in [3.8, 4) is 0 Å². The number of carbonyl (C=O) groups excluding carboxylic acids is 2. The summed E-state index contributed by atoms with van der Waals surface area (Å²) in [4.78, 5) is 22.8. The van der Waals surface area contributed by atoms with E-state index in [0.717, 1.165) is 0 Å². The van der Waals surface area contributed by atoms with E-state index in [0.29, 0.717) is 26.1 Å². The van der Waals surface area contributed by atoms with E-state index in [-0.39, 0.29) is 11.7 Å². The highest BCUT2D eigenvalue weighted by Crippen LogP contribution is 2.22. The Morgan fingerprint density at radius 3 is 2.53 bits per heavy atom. The summed E-state index contributed by atoms with van der Waals surface area (Å²) in [6, 6.07) is 0. The number of Topliss-reactive ketones (excluding diaryl/α,β-unsaturated/α-hetero) is 1. The molecule has 1 amide bonds. The number of hydrogen-bond acceptors (Lipinski definition) is 4. The molecule has 0 unspecified atom stereocenters. The van der Waals surface area contributed by atoms with Crippen LogP contribution in [0, 0.1) is 0 Å². The maximum absolute atomic E-state index is 11.7. The Labute approximate surface area is 93.1 Å². The second kappa shape index (κ2) is 5.32. The number of alkyl halides is 1. The fraction of sp³-hybridized carbons (Fsp3) is 0.778. The van der Waals surface area contributed by atoms with Gasteiger partial charge >= 0.3 is 6.09 Å². The first-order valence-electron chi connectivity index (χ1n) is 4.68. The van der Waals surface area contributed by atoms with Crippen LogP contribution in [-0.2, 0) is 14.3 Å². The van der Waals surface area contributed by atoms with E-state index in [2.05, 4.69) is 10.1 Å². The molecule has 15 heavy (non-hydrogen) atoms. The lowest BCUT2D eigenvalue weighted by molar-refractivity contribution is -0.126. The molecule has 0 bridgehead atoms. The number of amides is 1. The van der Waals surface area contributed by atoms with Gasteiger partial charge in [-0.25, -0.2) is 4.79 Å². The van der Waals surface area contributed by atoms with Gasteiger partial charge in [-0.2, -0.15) is 0 Å². The molecule has 1 saturated heterocycles. The summed E-state index contributed by atoms with van der Waals surface area (Å²) in [6.45, 7) is 0.874. The van der Waals surface area contributed by atoms with Crippen molar-refractivity contribution < 1.29 is 19.1 Å². The van der Waals surface area contributed by atoms with Gasteiger partial charge in [-0.05, 0) is 0 Å². The van der Waals surface area contributed by atoms with Gasteiger partial charge in [0, 0.05) is 26.1 Å². The average Bonchev–Trinajstić information content (AvgIpc) is 2.29. The number of ether oxygens (including phenoxy) is 2. The van der Waals surface area contributed by atoms with Crippen molar-refractivity contribution in [1.29, 1.82) is 0 Å². The molecule has 0 aromatic heterocycles. The van der Waals surface area contributed by atoms with E-state index in [4.69, 9.17) is 16.3 Å². The van der Waals surface area contributed by atoms with Gasteiger partial charge in [0.25, 0.3) is 0 Å². The number of carbonyl (C=O) groups is 2. The first kappa shape index (κ1) is 12.3. The number of halogens is 1. The largest absolute Gasteiger partial charge is 0.453 e. The van der Waals surface area contributed by atoms with E-state index < -0.39 is 11.6 Å². The molecule has 1 aliphatic heterocycles. The summed E-state index contributed by atoms with van der Waals surface area (Å²) in [5.74, 6) is -0.317. The predicted molar refractivity (Wildman–Crippen MR) is 54.1 cm³/mol. The molecule has 0 atom stereocenters. The van der Waals surface area contributed by atoms with Gasteiger partial charge in [-0.1, -0.05) is 0 Å². The van der Waals surface area contributed by atoms with Crippen LogP contribution in [0.25, 0.3) is 0 Å². The Hall–Kier alpha value is -0.810. The average molecular weight is 236 g/mol. The van der Waals surface area contributed by atoms with Crippen molar-refractivity contribution in [2.24, 2.45) is 0 Å². The minimum atomic E-state index is -0.910. The third-order valence-electron chi connectivity index (χ3n) is 2.53. The zero-order valence-corrected chi connectivity index (χ0v) is 9.30. The van der Waals surface area contributed by atoms with E-state index in [1.54, 1.807) is 0 Å². The lowest BCUT2D eigenvalue weighted by Crippen LogP contribution is -2.58.